The molecule has 0 saturated carbocycles. The molecule has 1 N–H and O–H groups in total. The largest absolute Gasteiger partial charge is 0.496 e. The van der Waals surface area contributed by atoms with Gasteiger partial charge in [0, 0.05) is 21.8 Å². The van der Waals surface area contributed by atoms with Gasteiger partial charge in [-0.25, -0.2) is 0 Å². The molecule has 0 atom stereocenters. The first-order valence-electron chi connectivity index (χ1n) is 6.80. The first-order valence-corrected chi connectivity index (χ1v) is 7.59. The third-order valence-corrected chi connectivity index (χ3v) is 3.78. The Bertz CT molecular complexity index is 773. The summed E-state index contributed by atoms with van der Waals surface area (Å²) < 4.78 is 43.6. The van der Waals surface area contributed by atoms with Gasteiger partial charge >= 0.3 is 6.18 Å². The molecule has 0 radical (unpaired) electrons. The second-order valence-corrected chi connectivity index (χ2v) is 5.61. The molecular formula is C17H13BrF3NO2. The molecule has 0 fully saturated rings. The fraction of sp³-hybridized carbons (Fsp3) is 0.118. The first-order chi connectivity index (χ1) is 11.3. The van der Waals surface area contributed by atoms with Gasteiger partial charge < -0.3 is 10.1 Å². The summed E-state index contributed by atoms with van der Waals surface area (Å²) in [5, 5.41) is 2.40. The molecule has 126 valence electrons. The van der Waals surface area contributed by atoms with E-state index in [2.05, 4.69) is 21.2 Å². The highest BCUT2D eigenvalue weighted by Crippen LogP contribution is 2.36. The predicted molar refractivity (Wildman–Crippen MR) is 89.8 cm³/mol. The summed E-state index contributed by atoms with van der Waals surface area (Å²) in [5.41, 5.74) is -0.115. The Morgan fingerprint density at radius 2 is 1.92 bits per heavy atom. The van der Waals surface area contributed by atoms with Crippen LogP contribution in [0.2, 0.25) is 0 Å². The van der Waals surface area contributed by atoms with E-state index in [1.165, 1.54) is 31.4 Å². The molecule has 24 heavy (non-hydrogen) atoms. The molecule has 3 nitrogen and oxygen atoms in total. The quantitative estimate of drug-likeness (QED) is 0.723. The minimum Gasteiger partial charge on any atom is -0.496 e. The van der Waals surface area contributed by atoms with Gasteiger partial charge in [-0.2, -0.15) is 13.2 Å². The topological polar surface area (TPSA) is 38.3 Å². The SMILES string of the molecule is COc1ccccc1/C=C/C(=O)Nc1ccc(Br)c(C(F)(F)F)c1. The maximum absolute atomic E-state index is 12.8. The number of anilines is 1. The molecule has 0 bridgehead atoms. The molecule has 7 heteroatoms. The molecule has 0 aliphatic carbocycles. The number of methoxy groups -OCH3 is 1. The lowest BCUT2D eigenvalue weighted by atomic mass is 10.1. The number of carbonyl (C=O) groups excluding carboxylic acids is 1. The normalized spacial score (nSPS) is 11.5. The predicted octanol–water partition coefficient (Wildman–Crippen LogP) is 5.13. The summed E-state index contributed by atoms with van der Waals surface area (Å²) in [5.74, 6) is 0.0425. The van der Waals surface area contributed by atoms with Crippen molar-refractivity contribution >= 4 is 33.6 Å². The lowest BCUT2D eigenvalue weighted by Crippen LogP contribution is -2.11. The van der Waals surface area contributed by atoms with E-state index < -0.39 is 17.6 Å². The number of hydrogen-bond acceptors (Lipinski definition) is 2. The Hall–Kier alpha value is -2.28. The molecular weight excluding hydrogens is 387 g/mol. The second-order valence-electron chi connectivity index (χ2n) is 4.76. The lowest BCUT2D eigenvalue weighted by molar-refractivity contribution is -0.138. The van der Waals surface area contributed by atoms with Gasteiger partial charge in [0.2, 0.25) is 5.91 Å². The van der Waals surface area contributed by atoms with E-state index in [0.717, 1.165) is 6.07 Å². The number of nitrogens with one attached hydrogen (secondary N) is 1. The zero-order chi connectivity index (χ0) is 17.7. The summed E-state index contributed by atoms with van der Waals surface area (Å²) in [6.07, 6.45) is -1.75. The van der Waals surface area contributed by atoms with Crippen molar-refractivity contribution in [3.05, 3.63) is 64.1 Å². The third-order valence-electron chi connectivity index (χ3n) is 3.09. The molecule has 2 rings (SSSR count). The van der Waals surface area contributed by atoms with Gasteiger partial charge in [-0.1, -0.05) is 34.1 Å². The summed E-state index contributed by atoms with van der Waals surface area (Å²) in [7, 11) is 1.51. The van der Waals surface area contributed by atoms with Crippen LogP contribution >= 0.6 is 15.9 Å². The highest BCUT2D eigenvalue weighted by molar-refractivity contribution is 9.10. The standard InChI is InChI=1S/C17H13BrF3NO2/c1-24-15-5-3-2-4-11(15)6-9-16(23)22-12-7-8-14(18)13(10-12)17(19,20)21/h2-10H,1H3,(H,22,23)/b9-6+. The average Bonchev–Trinajstić information content (AvgIpc) is 2.54. The monoisotopic (exact) mass is 399 g/mol. The Kier molecular flexibility index (Phi) is 5.66. The van der Waals surface area contributed by atoms with Crippen molar-refractivity contribution in [3.8, 4) is 5.75 Å². The molecule has 2 aromatic carbocycles. The Labute approximate surface area is 145 Å². The van der Waals surface area contributed by atoms with Crippen LogP contribution in [0.5, 0.6) is 5.75 Å². The van der Waals surface area contributed by atoms with Crippen molar-refractivity contribution in [1.82, 2.24) is 0 Å². The third kappa shape index (κ3) is 4.61. The highest BCUT2D eigenvalue weighted by Gasteiger charge is 2.33. The Morgan fingerprint density at radius 1 is 1.21 bits per heavy atom. The highest BCUT2D eigenvalue weighted by atomic mass is 79.9. The van der Waals surface area contributed by atoms with Crippen molar-refractivity contribution in [1.29, 1.82) is 0 Å². The zero-order valence-corrected chi connectivity index (χ0v) is 14.1. The van der Waals surface area contributed by atoms with Crippen LogP contribution in [0.4, 0.5) is 18.9 Å². The minimum absolute atomic E-state index is 0.0557. The summed E-state index contributed by atoms with van der Waals surface area (Å²) >= 11 is 2.85. The number of ether oxygens (including phenoxy) is 1. The number of para-hydroxylation sites is 1. The fourth-order valence-corrected chi connectivity index (χ4v) is 2.45. The van der Waals surface area contributed by atoms with Gasteiger partial charge in [0.05, 0.1) is 12.7 Å². The van der Waals surface area contributed by atoms with Crippen LogP contribution in [0.1, 0.15) is 11.1 Å². The summed E-state index contributed by atoms with van der Waals surface area (Å²) in [6.45, 7) is 0. The van der Waals surface area contributed by atoms with Gasteiger partial charge in [0.15, 0.2) is 0 Å². The van der Waals surface area contributed by atoms with E-state index in [1.807, 2.05) is 0 Å². The molecule has 0 spiro atoms. The van der Waals surface area contributed by atoms with Crippen LogP contribution < -0.4 is 10.1 Å². The van der Waals surface area contributed by atoms with Crippen LogP contribution in [0, 0.1) is 0 Å². The number of hydrogen-bond donors (Lipinski definition) is 1. The van der Waals surface area contributed by atoms with Crippen molar-refractivity contribution < 1.29 is 22.7 Å². The van der Waals surface area contributed by atoms with E-state index in [0.29, 0.717) is 11.3 Å². The van der Waals surface area contributed by atoms with E-state index in [4.69, 9.17) is 4.74 Å². The molecule has 0 unspecified atom stereocenters. The number of benzene rings is 2. The zero-order valence-electron chi connectivity index (χ0n) is 12.5. The fourth-order valence-electron chi connectivity index (χ4n) is 1.97. The number of rotatable bonds is 4. The second kappa shape index (κ2) is 7.53. The van der Waals surface area contributed by atoms with Crippen molar-refractivity contribution in [2.45, 2.75) is 6.18 Å². The van der Waals surface area contributed by atoms with Crippen LogP contribution in [-0.2, 0) is 11.0 Å². The van der Waals surface area contributed by atoms with Gasteiger partial charge in [0.25, 0.3) is 0 Å². The van der Waals surface area contributed by atoms with Crippen LogP contribution in [-0.4, -0.2) is 13.0 Å². The Balaban J connectivity index is 2.14. The van der Waals surface area contributed by atoms with Crippen LogP contribution in [0.25, 0.3) is 6.08 Å². The molecule has 0 aliphatic heterocycles. The van der Waals surface area contributed by atoms with E-state index in [1.54, 1.807) is 24.3 Å². The van der Waals surface area contributed by atoms with E-state index >= 15 is 0 Å². The number of carbonyl (C=O) groups is 1. The number of halogens is 4. The molecule has 2 aromatic rings. The summed E-state index contributed by atoms with van der Waals surface area (Å²) in [4.78, 5) is 11.9. The maximum Gasteiger partial charge on any atom is 0.417 e. The molecule has 0 saturated heterocycles. The van der Waals surface area contributed by atoms with Crippen LogP contribution in [0.3, 0.4) is 0 Å². The van der Waals surface area contributed by atoms with Gasteiger partial charge in [-0.15, -0.1) is 0 Å². The van der Waals surface area contributed by atoms with Crippen LogP contribution in [0.15, 0.2) is 53.0 Å². The van der Waals surface area contributed by atoms with Crippen molar-refractivity contribution in [2.75, 3.05) is 12.4 Å². The van der Waals surface area contributed by atoms with Gasteiger partial charge in [-0.05, 0) is 30.3 Å². The molecule has 0 heterocycles. The maximum atomic E-state index is 12.8. The lowest BCUT2D eigenvalue weighted by Gasteiger charge is -2.11. The Morgan fingerprint density at radius 3 is 2.58 bits per heavy atom. The minimum atomic E-state index is -4.51. The van der Waals surface area contributed by atoms with Crippen molar-refractivity contribution in [2.24, 2.45) is 0 Å². The molecule has 0 aliphatic rings. The van der Waals surface area contributed by atoms with E-state index in [9.17, 15) is 18.0 Å². The number of alkyl halides is 3. The molecule has 0 aromatic heterocycles. The van der Waals surface area contributed by atoms with Crippen molar-refractivity contribution in [3.63, 3.8) is 0 Å². The van der Waals surface area contributed by atoms with Gasteiger partial charge in [0.1, 0.15) is 5.75 Å². The summed E-state index contributed by atoms with van der Waals surface area (Å²) in [6, 6.07) is 10.6. The molecule has 1 amide bonds. The number of amides is 1. The average molecular weight is 400 g/mol. The smallest absolute Gasteiger partial charge is 0.417 e. The van der Waals surface area contributed by atoms with Gasteiger partial charge in [-0.3, -0.25) is 4.79 Å². The first kappa shape index (κ1) is 18.1. The van der Waals surface area contributed by atoms with E-state index in [-0.39, 0.29) is 10.2 Å².